The molecule has 0 atom stereocenters. The summed E-state index contributed by atoms with van der Waals surface area (Å²) in [5.41, 5.74) is 5.87. The minimum Gasteiger partial charge on any atom is -0.347 e. The number of aryl methyl sites for hydroxylation is 2. The lowest BCUT2D eigenvalue weighted by atomic mass is 9.83. The van der Waals surface area contributed by atoms with Crippen LogP contribution >= 0.6 is 11.8 Å². The molecular formula is C22H25NOS. The molecule has 3 heteroatoms. The van der Waals surface area contributed by atoms with Crippen LogP contribution in [0.3, 0.4) is 0 Å². The molecule has 1 aliphatic heterocycles. The van der Waals surface area contributed by atoms with Gasteiger partial charge in [-0.2, -0.15) is 0 Å². The molecular weight excluding hydrogens is 326 g/mol. The highest BCUT2D eigenvalue weighted by molar-refractivity contribution is 8.00. The van der Waals surface area contributed by atoms with E-state index in [1.165, 1.54) is 27.3 Å². The van der Waals surface area contributed by atoms with E-state index in [1.54, 1.807) is 11.8 Å². The van der Waals surface area contributed by atoms with Crippen LogP contribution in [0.5, 0.6) is 0 Å². The summed E-state index contributed by atoms with van der Waals surface area (Å²) >= 11 is 1.62. The average Bonchev–Trinajstić information content (AvgIpc) is 2.75. The van der Waals surface area contributed by atoms with Crippen LogP contribution in [-0.4, -0.2) is 18.6 Å². The van der Waals surface area contributed by atoms with Crippen LogP contribution in [0.2, 0.25) is 0 Å². The predicted octanol–water partition coefficient (Wildman–Crippen LogP) is 5.28. The third kappa shape index (κ3) is 3.38. The van der Waals surface area contributed by atoms with Crippen LogP contribution in [-0.2, 0) is 10.2 Å². The Bertz CT molecular complexity index is 851. The number of hydrogen-bond donors (Lipinski definition) is 0. The number of allylic oxidation sites excluding steroid dienone is 2. The summed E-state index contributed by atoms with van der Waals surface area (Å²) in [6.07, 6.45) is 1.83. The molecule has 0 bridgehead atoms. The van der Waals surface area contributed by atoms with Crippen LogP contribution in [0.25, 0.3) is 0 Å². The van der Waals surface area contributed by atoms with Gasteiger partial charge in [0.15, 0.2) is 5.78 Å². The van der Waals surface area contributed by atoms with Crippen molar-refractivity contribution in [2.24, 2.45) is 0 Å². The molecule has 0 N–H and O–H groups in total. The lowest BCUT2D eigenvalue weighted by Crippen LogP contribution is -2.24. The number of thioether (sulfide) groups is 1. The molecule has 1 aliphatic rings. The molecule has 0 radical (unpaired) electrons. The van der Waals surface area contributed by atoms with Crippen molar-refractivity contribution in [3.8, 4) is 0 Å². The summed E-state index contributed by atoms with van der Waals surface area (Å²) in [6, 6.07) is 14.8. The summed E-state index contributed by atoms with van der Waals surface area (Å²) in [4.78, 5) is 15.9. The Morgan fingerprint density at radius 1 is 1.16 bits per heavy atom. The molecule has 1 heterocycles. The highest BCUT2D eigenvalue weighted by atomic mass is 32.2. The van der Waals surface area contributed by atoms with Gasteiger partial charge in [-0.05, 0) is 37.1 Å². The highest BCUT2D eigenvalue weighted by Gasteiger charge is 2.38. The molecule has 0 aromatic heterocycles. The van der Waals surface area contributed by atoms with Gasteiger partial charge in [-0.1, -0.05) is 49.7 Å². The van der Waals surface area contributed by atoms with Crippen molar-refractivity contribution in [1.29, 1.82) is 0 Å². The number of carbonyl (C=O) groups excluding carboxylic acids is 1. The maximum absolute atomic E-state index is 12.6. The van der Waals surface area contributed by atoms with Gasteiger partial charge in [0.1, 0.15) is 0 Å². The number of para-hydroxylation sites is 1. The molecule has 25 heavy (non-hydrogen) atoms. The zero-order chi connectivity index (χ0) is 18.2. The minimum atomic E-state index is -0.147. The molecule has 3 rings (SSSR count). The number of anilines is 1. The Labute approximate surface area is 154 Å². The van der Waals surface area contributed by atoms with Gasteiger partial charge in [0, 0.05) is 34.8 Å². The highest BCUT2D eigenvalue weighted by Crippen LogP contribution is 2.46. The maximum Gasteiger partial charge on any atom is 0.167 e. The lowest BCUT2D eigenvalue weighted by molar-refractivity contribution is -0.112. The fraction of sp³-hybridized carbons (Fsp3) is 0.318. The number of fused-ring (bicyclic) bond motifs is 1. The number of ketones is 1. The van der Waals surface area contributed by atoms with E-state index in [9.17, 15) is 4.79 Å². The van der Waals surface area contributed by atoms with Gasteiger partial charge in [0.25, 0.3) is 0 Å². The second kappa shape index (κ2) is 6.72. The van der Waals surface area contributed by atoms with Gasteiger partial charge in [-0.3, -0.25) is 4.79 Å². The van der Waals surface area contributed by atoms with Crippen molar-refractivity contribution < 1.29 is 4.79 Å². The zero-order valence-corrected chi connectivity index (χ0v) is 16.4. The Balaban J connectivity index is 1.78. The molecule has 2 aromatic rings. The van der Waals surface area contributed by atoms with Crippen molar-refractivity contribution in [1.82, 2.24) is 0 Å². The van der Waals surface area contributed by atoms with Gasteiger partial charge in [-0.25, -0.2) is 0 Å². The normalized spacial score (nSPS) is 17.0. The predicted molar refractivity (Wildman–Crippen MR) is 108 cm³/mol. The van der Waals surface area contributed by atoms with Crippen LogP contribution in [0.15, 0.2) is 59.1 Å². The summed E-state index contributed by atoms with van der Waals surface area (Å²) in [5.74, 6) is 0.626. The molecule has 0 saturated heterocycles. The molecule has 0 fully saturated rings. The summed E-state index contributed by atoms with van der Waals surface area (Å²) in [6.45, 7) is 8.56. The van der Waals surface area contributed by atoms with Gasteiger partial charge in [0.05, 0.1) is 5.75 Å². The first-order chi connectivity index (χ1) is 11.8. The van der Waals surface area contributed by atoms with Crippen molar-refractivity contribution in [3.63, 3.8) is 0 Å². The molecule has 2 nitrogen and oxygen atoms in total. The van der Waals surface area contributed by atoms with E-state index in [1.807, 2.05) is 19.2 Å². The molecule has 0 spiro atoms. The second-order valence-electron chi connectivity index (χ2n) is 7.25. The first-order valence-corrected chi connectivity index (χ1v) is 9.57. The van der Waals surface area contributed by atoms with Gasteiger partial charge >= 0.3 is 0 Å². The van der Waals surface area contributed by atoms with E-state index in [4.69, 9.17) is 0 Å². The van der Waals surface area contributed by atoms with Crippen LogP contribution < -0.4 is 4.90 Å². The van der Waals surface area contributed by atoms with E-state index in [-0.39, 0.29) is 11.2 Å². The smallest absolute Gasteiger partial charge is 0.167 e. The molecule has 0 unspecified atom stereocenters. The fourth-order valence-corrected chi connectivity index (χ4v) is 4.40. The van der Waals surface area contributed by atoms with Crippen molar-refractivity contribution in [2.75, 3.05) is 17.7 Å². The van der Waals surface area contributed by atoms with E-state index in [0.717, 1.165) is 5.70 Å². The van der Waals surface area contributed by atoms with E-state index in [2.05, 4.69) is 69.0 Å². The van der Waals surface area contributed by atoms with Crippen LogP contribution in [0.1, 0.15) is 30.5 Å². The quantitative estimate of drug-likeness (QED) is 0.552. The molecule has 2 aromatic carbocycles. The van der Waals surface area contributed by atoms with Crippen molar-refractivity contribution >= 4 is 23.2 Å². The van der Waals surface area contributed by atoms with Crippen molar-refractivity contribution in [3.05, 3.63) is 70.9 Å². The first-order valence-electron chi connectivity index (χ1n) is 8.59. The standard InChI is InChI=1S/C22H25NOS/c1-15-10-11-20(16(2)12-15)25-14-17(24)13-21-22(3,4)18-8-6-7-9-19(18)23(21)5/h6-13H,14H2,1-5H3/b21-13-. The summed E-state index contributed by atoms with van der Waals surface area (Å²) in [7, 11) is 2.05. The summed E-state index contributed by atoms with van der Waals surface area (Å²) in [5, 5.41) is 0. The van der Waals surface area contributed by atoms with E-state index >= 15 is 0 Å². The molecule has 0 aliphatic carbocycles. The Hall–Kier alpha value is -2.00. The van der Waals surface area contributed by atoms with Crippen molar-refractivity contribution in [2.45, 2.75) is 38.0 Å². The summed E-state index contributed by atoms with van der Waals surface area (Å²) < 4.78 is 0. The largest absolute Gasteiger partial charge is 0.347 e. The Morgan fingerprint density at radius 3 is 2.56 bits per heavy atom. The Kier molecular flexibility index (Phi) is 4.79. The zero-order valence-electron chi connectivity index (χ0n) is 15.6. The van der Waals surface area contributed by atoms with Crippen LogP contribution in [0.4, 0.5) is 5.69 Å². The maximum atomic E-state index is 12.6. The number of likely N-dealkylation sites (N-methyl/N-ethyl adjacent to an activating group) is 1. The SMILES string of the molecule is Cc1ccc(SCC(=O)/C=C2\N(C)c3ccccc3C2(C)C)c(C)c1. The molecule has 130 valence electrons. The van der Waals surface area contributed by atoms with Crippen LogP contribution in [0, 0.1) is 13.8 Å². The number of hydrogen-bond acceptors (Lipinski definition) is 3. The minimum absolute atomic E-state index is 0.147. The van der Waals surface area contributed by atoms with E-state index in [0.29, 0.717) is 5.75 Å². The topological polar surface area (TPSA) is 20.3 Å². The monoisotopic (exact) mass is 351 g/mol. The third-order valence-corrected chi connectivity index (χ3v) is 6.14. The second-order valence-corrected chi connectivity index (χ2v) is 8.27. The molecule has 0 saturated carbocycles. The average molecular weight is 352 g/mol. The Morgan fingerprint density at radius 2 is 1.88 bits per heavy atom. The fourth-order valence-electron chi connectivity index (χ4n) is 3.56. The van der Waals surface area contributed by atoms with E-state index < -0.39 is 0 Å². The lowest BCUT2D eigenvalue weighted by Gasteiger charge is -2.24. The number of rotatable bonds is 4. The number of benzene rings is 2. The molecule has 0 amide bonds. The van der Waals surface area contributed by atoms with Gasteiger partial charge in [0.2, 0.25) is 0 Å². The number of nitrogens with zero attached hydrogens (tertiary/aromatic N) is 1. The van der Waals surface area contributed by atoms with Gasteiger partial charge < -0.3 is 4.90 Å². The first kappa shape index (κ1) is 17.8. The number of carbonyl (C=O) groups is 1. The third-order valence-electron chi connectivity index (χ3n) is 4.94. The van der Waals surface area contributed by atoms with Gasteiger partial charge in [-0.15, -0.1) is 11.8 Å².